The van der Waals surface area contributed by atoms with E-state index in [9.17, 15) is 4.79 Å². The second kappa shape index (κ2) is 6.54. The van der Waals surface area contributed by atoms with Gasteiger partial charge in [-0.1, -0.05) is 29.8 Å². The Hall–Kier alpha value is -3.15. The molecule has 3 N–H and O–H groups in total. The van der Waals surface area contributed by atoms with Crippen molar-refractivity contribution in [3.8, 4) is 11.5 Å². The molecule has 0 radical (unpaired) electrons. The van der Waals surface area contributed by atoms with Crippen molar-refractivity contribution in [1.82, 2.24) is 15.3 Å². The standard InChI is InChI=1S/C18H18N4O2/c1-11-4-3-5-13(8-11)10-20-17(23)15-9-14(21-18(19)22-15)16-7-6-12(2)24-16/h3-9H,10H2,1-2H3,(H,20,23)(H2,19,21,22). The number of rotatable bonds is 4. The Morgan fingerprint density at radius 2 is 2.00 bits per heavy atom. The minimum absolute atomic E-state index is 0.0299. The molecular weight excluding hydrogens is 304 g/mol. The van der Waals surface area contributed by atoms with Crippen LogP contribution in [0, 0.1) is 13.8 Å². The van der Waals surface area contributed by atoms with Crippen LogP contribution in [-0.4, -0.2) is 15.9 Å². The van der Waals surface area contributed by atoms with Crippen LogP contribution in [0.2, 0.25) is 0 Å². The fourth-order valence-corrected chi connectivity index (χ4v) is 2.38. The maximum Gasteiger partial charge on any atom is 0.270 e. The summed E-state index contributed by atoms with van der Waals surface area (Å²) in [6.07, 6.45) is 0. The minimum Gasteiger partial charge on any atom is -0.460 e. The highest BCUT2D eigenvalue weighted by Crippen LogP contribution is 2.21. The summed E-state index contributed by atoms with van der Waals surface area (Å²) in [5.74, 6) is 1.03. The maximum atomic E-state index is 12.4. The number of aromatic nitrogens is 2. The fourth-order valence-electron chi connectivity index (χ4n) is 2.38. The molecule has 2 heterocycles. The lowest BCUT2D eigenvalue weighted by molar-refractivity contribution is 0.0946. The minimum atomic E-state index is -0.310. The first-order valence-corrected chi connectivity index (χ1v) is 7.56. The molecule has 24 heavy (non-hydrogen) atoms. The van der Waals surface area contributed by atoms with E-state index in [1.165, 1.54) is 0 Å². The number of benzene rings is 1. The second-order valence-electron chi connectivity index (χ2n) is 5.58. The van der Waals surface area contributed by atoms with Crippen LogP contribution in [0.4, 0.5) is 5.95 Å². The number of nitrogens with zero attached hydrogens (tertiary/aromatic N) is 2. The largest absolute Gasteiger partial charge is 0.460 e. The smallest absolute Gasteiger partial charge is 0.270 e. The zero-order chi connectivity index (χ0) is 17.1. The van der Waals surface area contributed by atoms with Gasteiger partial charge in [-0.05, 0) is 37.6 Å². The summed E-state index contributed by atoms with van der Waals surface area (Å²) < 4.78 is 5.52. The van der Waals surface area contributed by atoms with E-state index in [1.807, 2.05) is 44.2 Å². The predicted octanol–water partition coefficient (Wildman–Crippen LogP) is 2.87. The first-order valence-electron chi connectivity index (χ1n) is 7.56. The van der Waals surface area contributed by atoms with Gasteiger partial charge in [0.15, 0.2) is 5.76 Å². The van der Waals surface area contributed by atoms with Crippen molar-refractivity contribution in [2.24, 2.45) is 0 Å². The molecule has 0 bridgehead atoms. The molecule has 1 aromatic carbocycles. The van der Waals surface area contributed by atoms with Crippen LogP contribution in [-0.2, 0) is 6.54 Å². The second-order valence-corrected chi connectivity index (χ2v) is 5.58. The molecule has 0 aliphatic carbocycles. The average Bonchev–Trinajstić information content (AvgIpc) is 2.99. The van der Waals surface area contributed by atoms with E-state index in [4.69, 9.17) is 10.2 Å². The Labute approximate surface area is 139 Å². The van der Waals surface area contributed by atoms with Gasteiger partial charge in [-0.15, -0.1) is 0 Å². The number of hydrogen-bond donors (Lipinski definition) is 2. The molecule has 0 spiro atoms. The third-order valence-corrected chi connectivity index (χ3v) is 3.50. The van der Waals surface area contributed by atoms with Gasteiger partial charge in [0.2, 0.25) is 5.95 Å². The highest BCUT2D eigenvalue weighted by Gasteiger charge is 2.13. The Kier molecular flexibility index (Phi) is 4.29. The summed E-state index contributed by atoms with van der Waals surface area (Å²) >= 11 is 0. The van der Waals surface area contributed by atoms with Crippen LogP contribution in [0.5, 0.6) is 0 Å². The fraction of sp³-hybridized carbons (Fsp3) is 0.167. The molecule has 6 heteroatoms. The Morgan fingerprint density at radius 1 is 1.17 bits per heavy atom. The predicted molar refractivity (Wildman–Crippen MR) is 91.2 cm³/mol. The third-order valence-electron chi connectivity index (χ3n) is 3.50. The molecule has 0 atom stereocenters. The molecule has 3 rings (SSSR count). The van der Waals surface area contributed by atoms with E-state index >= 15 is 0 Å². The number of amides is 1. The molecule has 3 aromatic rings. The van der Waals surface area contributed by atoms with Gasteiger partial charge in [0.1, 0.15) is 17.1 Å². The monoisotopic (exact) mass is 322 g/mol. The van der Waals surface area contributed by atoms with Crippen molar-refractivity contribution in [3.05, 3.63) is 65.0 Å². The van der Waals surface area contributed by atoms with Gasteiger partial charge in [0.25, 0.3) is 5.91 Å². The van der Waals surface area contributed by atoms with Crippen molar-refractivity contribution in [1.29, 1.82) is 0 Å². The van der Waals surface area contributed by atoms with Crippen molar-refractivity contribution in [2.45, 2.75) is 20.4 Å². The molecule has 0 unspecified atom stereocenters. The van der Waals surface area contributed by atoms with E-state index < -0.39 is 0 Å². The van der Waals surface area contributed by atoms with Crippen LogP contribution < -0.4 is 11.1 Å². The molecule has 0 fully saturated rings. The summed E-state index contributed by atoms with van der Waals surface area (Å²) in [6.45, 7) is 4.26. The summed E-state index contributed by atoms with van der Waals surface area (Å²) in [7, 11) is 0. The van der Waals surface area contributed by atoms with Crippen LogP contribution in [0.3, 0.4) is 0 Å². The summed E-state index contributed by atoms with van der Waals surface area (Å²) in [4.78, 5) is 20.5. The van der Waals surface area contributed by atoms with Gasteiger partial charge >= 0.3 is 0 Å². The number of furan rings is 1. The number of carbonyl (C=O) groups is 1. The van der Waals surface area contributed by atoms with Crippen molar-refractivity contribution >= 4 is 11.9 Å². The zero-order valence-corrected chi connectivity index (χ0v) is 13.5. The highest BCUT2D eigenvalue weighted by molar-refractivity contribution is 5.93. The van der Waals surface area contributed by atoms with E-state index in [0.29, 0.717) is 18.0 Å². The summed E-state index contributed by atoms with van der Waals surface area (Å²) in [6, 6.07) is 13.1. The summed E-state index contributed by atoms with van der Waals surface area (Å²) in [5, 5.41) is 2.84. The SMILES string of the molecule is Cc1cccc(CNC(=O)c2cc(-c3ccc(C)o3)nc(N)n2)c1. The number of nitrogen functional groups attached to an aromatic ring is 1. The number of anilines is 1. The molecular formula is C18H18N4O2. The molecule has 122 valence electrons. The first-order chi connectivity index (χ1) is 11.5. The van der Waals surface area contributed by atoms with E-state index in [-0.39, 0.29) is 17.5 Å². The third kappa shape index (κ3) is 3.60. The quantitative estimate of drug-likeness (QED) is 0.770. The number of aryl methyl sites for hydroxylation is 2. The lowest BCUT2D eigenvalue weighted by Gasteiger charge is -2.07. The van der Waals surface area contributed by atoms with Gasteiger partial charge in [-0.3, -0.25) is 4.79 Å². The van der Waals surface area contributed by atoms with Crippen LogP contribution in [0.25, 0.3) is 11.5 Å². The maximum absolute atomic E-state index is 12.4. The number of nitrogens with one attached hydrogen (secondary N) is 1. The highest BCUT2D eigenvalue weighted by atomic mass is 16.3. The molecule has 0 aliphatic heterocycles. The van der Waals surface area contributed by atoms with E-state index in [1.54, 1.807) is 12.1 Å². The van der Waals surface area contributed by atoms with Crippen LogP contribution in [0.1, 0.15) is 27.4 Å². The van der Waals surface area contributed by atoms with Crippen molar-refractivity contribution in [3.63, 3.8) is 0 Å². The van der Waals surface area contributed by atoms with Gasteiger partial charge in [-0.25, -0.2) is 9.97 Å². The molecule has 0 saturated heterocycles. The first kappa shape index (κ1) is 15.7. The van der Waals surface area contributed by atoms with Crippen LogP contribution in [0.15, 0.2) is 46.9 Å². The number of carbonyl (C=O) groups excluding carboxylic acids is 1. The Bertz CT molecular complexity index is 886. The number of hydrogen-bond acceptors (Lipinski definition) is 5. The van der Waals surface area contributed by atoms with Gasteiger partial charge in [-0.2, -0.15) is 0 Å². The molecule has 2 aromatic heterocycles. The van der Waals surface area contributed by atoms with Gasteiger partial charge in [0.05, 0.1) is 0 Å². The van der Waals surface area contributed by atoms with Crippen molar-refractivity contribution < 1.29 is 9.21 Å². The number of nitrogens with two attached hydrogens (primary N) is 1. The normalized spacial score (nSPS) is 10.6. The molecule has 0 aliphatic rings. The Morgan fingerprint density at radius 3 is 2.71 bits per heavy atom. The van der Waals surface area contributed by atoms with Crippen molar-refractivity contribution in [2.75, 3.05) is 5.73 Å². The van der Waals surface area contributed by atoms with E-state index in [2.05, 4.69) is 15.3 Å². The Balaban J connectivity index is 1.78. The average molecular weight is 322 g/mol. The lowest BCUT2D eigenvalue weighted by atomic mass is 10.1. The lowest BCUT2D eigenvalue weighted by Crippen LogP contribution is -2.24. The van der Waals surface area contributed by atoms with Gasteiger partial charge < -0.3 is 15.5 Å². The van der Waals surface area contributed by atoms with Crippen LogP contribution >= 0.6 is 0 Å². The zero-order valence-electron chi connectivity index (χ0n) is 13.5. The summed E-state index contributed by atoms with van der Waals surface area (Å²) in [5.41, 5.74) is 8.58. The molecule has 6 nitrogen and oxygen atoms in total. The van der Waals surface area contributed by atoms with Gasteiger partial charge in [0, 0.05) is 6.54 Å². The molecule has 1 amide bonds. The topological polar surface area (TPSA) is 94.0 Å². The van der Waals surface area contributed by atoms with E-state index in [0.717, 1.165) is 16.9 Å². The molecule has 0 saturated carbocycles.